The maximum Gasteiger partial charge on any atom is 0.180 e. The summed E-state index contributed by atoms with van der Waals surface area (Å²) in [5, 5.41) is 8.71. The predicted molar refractivity (Wildman–Crippen MR) is 60.7 cm³/mol. The van der Waals surface area contributed by atoms with E-state index in [9.17, 15) is 0 Å². The molecular weight excluding hydrogens is 282 g/mol. The van der Waals surface area contributed by atoms with Gasteiger partial charge >= 0.3 is 0 Å². The normalized spacial score (nSPS) is 10.4. The van der Waals surface area contributed by atoms with E-state index in [-0.39, 0.29) is 0 Å². The summed E-state index contributed by atoms with van der Waals surface area (Å²) >= 11 is 6.44. The molecule has 0 saturated carbocycles. The fourth-order valence-electron chi connectivity index (χ4n) is 0.925. The zero-order valence-corrected chi connectivity index (χ0v) is 10.5. The van der Waals surface area contributed by atoms with Crippen LogP contribution in [0.15, 0.2) is 31.6 Å². The van der Waals surface area contributed by atoms with Crippen LogP contribution in [0.25, 0.3) is 0 Å². The molecule has 0 aliphatic rings. The molecule has 0 radical (unpaired) electrons. The first-order valence-corrected chi connectivity index (χ1v) is 6.31. The van der Waals surface area contributed by atoms with Gasteiger partial charge in [-0.05, 0) is 46.2 Å². The Kier molecular flexibility index (Phi) is 3.15. The average Bonchev–Trinajstić information content (AvgIpc) is 2.62. The van der Waals surface area contributed by atoms with Gasteiger partial charge in [0.2, 0.25) is 0 Å². The zero-order chi connectivity index (χ0) is 9.97. The molecule has 72 valence electrons. The van der Waals surface area contributed by atoms with Crippen molar-refractivity contribution in [3.63, 3.8) is 0 Å². The first-order chi connectivity index (χ1) is 6.75. The van der Waals surface area contributed by atoms with Gasteiger partial charge in [-0.3, -0.25) is 0 Å². The molecule has 2 heterocycles. The molecule has 0 fully saturated rings. The number of hydrogen-bond acceptors (Lipinski definition) is 5. The number of aromatic nitrogens is 3. The molecule has 0 spiro atoms. The Morgan fingerprint density at radius 1 is 1.50 bits per heavy atom. The lowest BCUT2D eigenvalue weighted by Crippen LogP contribution is -1.84. The molecule has 0 unspecified atom stereocenters. The summed E-state index contributed by atoms with van der Waals surface area (Å²) in [7, 11) is 0. The molecule has 0 bridgehead atoms. The van der Waals surface area contributed by atoms with Crippen LogP contribution in [0.5, 0.6) is 0 Å². The van der Waals surface area contributed by atoms with Crippen LogP contribution in [-0.4, -0.2) is 15.2 Å². The third kappa shape index (κ3) is 2.31. The summed E-state index contributed by atoms with van der Waals surface area (Å²) in [5.74, 6) is 0. The van der Waals surface area contributed by atoms with Gasteiger partial charge in [0.15, 0.2) is 4.34 Å². The largest absolute Gasteiger partial charge is 0.248 e. The highest BCUT2D eigenvalue weighted by Crippen LogP contribution is 2.30. The summed E-state index contributed by atoms with van der Waals surface area (Å²) in [6, 6.07) is 2.04. The second kappa shape index (κ2) is 4.37. The van der Waals surface area contributed by atoms with E-state index in [1.165, 1.54) is 11.3 Å². The number of pyridine rings is 1. The van der Waals surface area contributed by atoms with Gasteiger partial charge in [-0.25, -0.2) is 4.98 Å². The lowest BCUT2D eigenvalue weighted by atomic mass is 10.3. The Balaban J connectivity index is 2.25. The van der Waals surface area contributed by atoms with Crippen LogP contribution in [0.4, 0.5) is 0 Å². The van der Waals surface area contributed by atoms with Crippen LogP contribution in [-0.2, 0) is 0 Å². The van der Waals surface area contributed by atoms with E-state index >= 15 is 0 Å². The van der Waals surface area contributed by atoms with Gasteiger partial charge in [-0.15, -0.1) is 10.2 Å². The van der Waals surface area contributed by atoms with Gasteiger partial charge in [0, 0.05) is 10.7 Å². The quantitative estimate of drug-likeness (QED) is 0.851. The second-order valence-corrected chi connectivity index (χ2v) is 5.57. The maximum absolute atomic E-state index is 4.31. The van der Waals surface area contributed by atoms with E-state index in [0.29, 0.717) is 0 Å². The fraction of sp³-hybridized carbons (Fsp3) is 0.125. The molecule has 0 aliphatic carbocycles. The Labute approximate surface area is 98.1 Å². The van der Waals surface area contributed by atoms with Crippen LogP contribution >= 0.6 is 39.0 Å². The van der Waals surface area contributed by atoms with Gasteiger partial charge in [0.1, 0.15) is 10.5 Å². The van der Waals surface area contributed by atoms with Crippen molar-refractivity contribution in [3.05, 3.63) is 27.8 Å². The number of nitrogens with zero attached hydrogens (tertiary/aromatic N) is 3. The first kappa shape index (κ1) is 10.1. The summed E-state index contributed by atoms with van der Waals surface area (Å²) in [6.45, 7) is 2.03. The average molecular weight is 288 g/mol. The molecule has 0 aliphatic heterocycles. The molecule has 2 rings (SSSR count). The van der Waals surface area contributed by atoms with Crippen LogP contribution in [0, 0.1) is 6.92 Å². The molecule has 0 aromatic carbocycles. The number of aryl methyl sites for hydroxylation is 1. The van der Waals surface area contributed by atoms with E-state index in [4.69, 9.17) is 0 Å². The van der Waals surface area contributed by atoms with E-state index in [1.54, 1.807) is 23.5 Å². The number of halogens is 1. The number of rotatable bonds is 2. The molecule has 3 nitrogen and oxygen atoms in total. The van der Waals surface area contributed by atoms with Crippen molar-refractivity contribution in [3.8, 4) is 0 Å². The maximum atomic E-state index is 4.31. The molecule has 2 aromatic heterocycles. The van der Waals surface area contributed by atoms with Crippen molar-refractivity contribution in [1.82, 2.24) is 15.2 Å². The van der Waals surface area contributed by atoms with Gasteiger partial charge in [0.05, 0.1) is 0 Å². The minimum Gasteiger partial charge on any atom is -0.248 e. The minimum atomic E-state index is 0.919. The summed E-state index contributed by atoms with van der Waals surface area (Å²) in [5.41, 5.74) is 2.86. The fourth-order valence-corrected chi connectivity index (χ4v) is 2.79. The summed E-state index contributed by atoms with van der Waals surface area (Å²) in [6.07, 6.45) is 1.79. The van der Waals surface area contributed by atoms with Crippen molar-refractivity contribution < 1.29 is 0 Å². The minimum absolute atomic E-state index is 0.919. The van der Waals surface area contributed by atoms with E-state index < -0.39 is 0 Å². The van der Waals surface area contributed by atoms with Crippen LogP contribution in [0.2, 0.25) is 0 Å². The molecule has 0 atom stereocenters. The highest BCUT2D eigenvalue weighted by molar-refractivity contribution is 9.10. The Morgan fingerprint density at radius 2 is 2.36 bits per heavy atom. The standard InChI is InChI=1S/C8H6BrN3S2/c1-5-2-6(9)3-10-7(5)14-8-12-11-4-13-8/h2-4H,1H3. The highest BCUT2D eigenvalue weighted by Gasteiger charge is 2.05. The van der Waals surface area contributed by atoms with E-state index in [1.807, 2.05) is 13.0 Å². The molecule has 0 N–H and O–H groups in total. The third-order valence-electron chi connectivity index (χ3n) is 1.52. The third-order valence-corrected chi connectivity index (χ3v) is 3.85. The first-order valence-electron chi connectivity index (χ1n) is 3.82. The lowest BCUT2D eigenvalue weighted by Gasteiger charge is -2.01. The van der Waals surface area contributed by atoms with Crippen LogP contribution < -0.4 is 0 Å². The Hall–Kier alpha value is -0.460. The molecule has 2 aromatic rings. The van der Waals surface area contributed by atoms with Crippen molar-refractivity contribution >= 4 is 39.0 Å². The smallest absolute Gasteiger partial charge is 0.180 e. The van der Waals surface area contributed by atoms with Gasteiger partial charge in [-0.2, -0.15) is 0 Å². The van der Waals surface area contributed by atoms with Gasteiger partial charge < -0.3 is 0 Å². The highest BCUT2D eigenvalue weighted by atomic mass is 79.9. The zero-order valence-electron chi connectivity index (χ0n) is 7.27. The van der Waals surface area contributed by atoms with Crippen molar-refractivity contribution in [2.75, 3.05) is 0 Å². The van der Waals surface area contributed by atoms with Crippen molar-refractivity contribution in [2.45, 2.75) is 16.3 Å². The Morgan fingerprint density at radius 3 is 3.00 bits per heavy atom. The van der Waals surface area contributed by atoms with Crippen molar-refractivity contribution in [1.29, 1.82) is 0 Å². The van der Waals surface area contributed by atoms with Gasteiger partial charge in [0.25, 0.3) is 0 Å². The molecule has 6 heteroatoms. The predicted octanol–water partition coefficient (Wildman–Crippen LogP) is 3.16. The van der Waals surface area contributed by atoms with E-state index in [2.05, 4.69) is 31.1 Å². The molecule has 14 heavy (non-hydrogen) atoms. The summed E-state index contributed by atoms with van der Waals surface area (Å²) < 4.78 is 1.92. The van der Waals surface area contributed by atoms with E-state index in [0.717, 1.165) is 19.4 Å². The molecule has 0 amide bonds. The lowest BCUT2D eigenvalue weighted by molar-refractivity contribution is 1.00. The molecule has 0 saturated heterocycles. The summed E-state index contributed by atoms with van der Waals surface area (Å²) in [4.78, 5) is 4.31. The SMILES string of the molecule is Cc1cc(Br)cnc1Sc1nncs1. The Bertz CT molecular complexity index is 430. The second-order valence-electron chi connectivity index (χ2n) is 2.58. The van der Waals surface area contributed by atoms with Crippen molar-refractivity contribution in [2.24, 2.45) is 0 Å². The van der Waals surface area contributed by atoms with Gasteiger partial charge in [-0.1, -0.05) is 11.3 Å². The van der Waals surface area contributed by atoms with Crippen LogP contribution in [0.3, 0.4) is 0 Å². The number of hydrogen-bond donors (Lipinski definition) is 0. The monoisotopic (exact) mass is 287 g/mol. The molecular formula is C8H6BrN3S2. The topological polar surface area (TPSA) is 38.7 Å². The van der Waals surface area contributed by atoms with Crippen LogP contribution in [0.1, 0.15) is 5.56 Å².